The molecule has 0 aliphatic carbocycles. The van der Waals surface area contributed by atoms with Crippen LogP contribution in [0.25, 0.3) is 10.9 Å². The van der Waals surface area contributed by atoms with Gasteiger partial charge in [0.2, 0.25) is 6.19 Å². The lowest BCUT2D eigenvalue weighted by Crippen LogP contribution is -2.52. The van der Waals surface area contributed by atoms with E-state index < -0.39 is 23.3 Å². The van der Waals surface area contributed by atoms with Gasteiger partial charge in [0.1, 0.15) is 17.5 Å². The number of benzene rings is 2. The molecule has 0 unspecified atom stereocenters. The van der Waals surface area contributed by atoms with Crippen molar-refractivity contribution in [1.29, 1.82) is 5.26 Å². The minimum absolute atomic E-state index is 0.106. The molecule has 2 aromatic carbocycles. The maximum atomic E-state index is 14.2. The molecule has 1 aliphatic heterocycles. The number of Topliss-reactive ketones (excluding diaryl/α,β-unsaturated/α-hetero) is 1. The molecular weight excluding hydrogens is 404 g/mol. The van der Waals surface area contributed by atoms with Gasteiger partial charge in [0.05, 0.1) is 11.1 Å². The fraction of sp³-hybridized carbons (Fsp3) is 0.182. The van der Waals surface area contributed by atoms with Crippen LogP contribution in [0, 0.1) is 23.1 Å². The largest absolute Gasteiger partial charge is 0.360 e. The number of aromatic nitrogens is 1. The number of rotatable bonds is 3. The molecule has 7 nitrogen and oxygen atoms in total. The number of halogens is 2. The molecule has 1 aromatic heterocycles. The van der Waals surface area contributed by atoms with Gasteiger partial charge in [-0.1, -0.05) is 30.3 Å². The molecule has 9 heteroatoms. The number of hydrogen-bond donors (Lipinski definition) is 1. The molecule has 3 aromatic rings. The number of aliphatic imine (C=N–C) groups is 1. The van der Waals surface area contributed by atoms with E-state index in [1.807, 2.05) is 35.2 Å². The highest BCUT2D eigenvalue weighted by Crippen LogP contribution is 2.24. The van der Waals surface area contributed by atoms with Crippen molar-refractivity contribution in [3.05, 3.63) is 71.4 Å². The molecule has 0 saturated carbocycles. The Hall–Kier alpha value is -4.06. The fourth-order valence-corrected chi connectivity index (χ4v) is 3.69. The van der Waals surface area contributed by atoms with Crippen LogP contribution in [0.5, 0.6) is 0 Å². The quantitative estimate of drug-likeness (QED) is 0.231. The standard InChI is InChI=1S/C22H17F2N5O2/c23-15-10-17(24)19-16(12-26-18(19)11-15)20(30)22(31)29-8-6-28(7-9-29)21(27-13-25)14-4-2-1-3-5-14/h1-5,10-12,26H,6-9H2/b27-21+. The Balaban J connectivity index is 1.49. The summed E-state index contributed by atoms with van der Waals surface area (Å²) in [4.78, 5) is 35.3. The number of fused-ring (bicyclic) bond motifs is 1. The Bertz CT molecular complexity index is 1220. The van der Waals surface area contributed by atoms with E-state index in [2.05, 4.69) is 9.98 Å². The third kappa shape index (κ3) is 3.88. The van der Waals surface area contributed by atoms with Gasteiger partial charge < -0.3 is 14.8 Å². The number of hydrogen-bond acceptors (Lipinski definition) is 4. The van der Waals surface area contributed by atoms with E-state index in [0.717, 1.165) is 11.6 Å². The average molecular weight is 421 g/mol. The smallest absolute Gasteiger partial charge is 0.295 e. The second-order valence-corrected chi connectivity index (χ2v) is 7.02. The van der Waals surface area contributed by atoms with Crippen molar-refractivity contribution in [3.8, 4) is 6.19 Å². The zero-order valence-corrected chi connectivity index (χ0v) is 16.3. The predicted molar refractivity (Wildman–Crippen MR) is 109 cm³/mol. The minimum atomic E-state index is -0.905. The molecule has 31 heavy (non-hydrogen) atoms. The summed E-state index contributed by atoms with van der Waals surface area (Å²) in [5.74, 6) is -2.80. The number of nitriles is 1. The summed E-state index contributed by atoms with van der Waals surface area (Å²) in [6.45, 7) is 1.23. The number of amidine groups is 1. The number of piperazine rings is 1. The first-order valence-electron chi connectivity index (χ1n) is 9.56. The lowest BCUT2D eigenvalue weighted by molar-refractivity contribution is -0.127. The molecule has 0 bridgehead atoms. The molecule has 0 spiro atoms. The Morgan fingerprint density at radius 2 is 1.71 bits per heavy atom. The molecule has 1 amide bonds. The van der Waals surface area contributed by atoms with Crippen LogP contribution in [-0.4, -0.2) is 58.5 Å². The van der Waals surface area contributed by atoms with Crippen molar-refractivity contribution in [2.75, 3.05) is 26.2 Å². The van der Waals surface area contributed by atoms with Crippen LogP contribution in [0.4, 0.5) is 8.78 Å². The highest BCUT2D eigenvalue weighted by atomic mass is 19.1. The Labute approximate surface area is 176 Å². The van der Waals surface area contributed by atoms with E-state index in [0.29, 0.717) is 25.0 Å². The van der Waals surface area contributed by atoms with Crippen molar-refractivity contribution in [1.82, 2.24) is 14.8 Å². The monoisotopic (exact) mass is 421 g/mol. The normalized spacial score (nSPS) is 14.5. The summed E-state index contributed by atoms with van der Waals surface area (Å²) >= 11 is 0. The number of carbonyl (C=O) groups is 2. The molecule has 1 saturated heterocycles. The molecule has 0 radical (unpaired) electrons. The van der Waals surface area contributed by atoms with Gasteiger partial charge in [0.25, 0.3) is 11.7 Å². The summed E-state index contributed by atoms with van der Waals surface area (Å²) in [7, 11) is 0. The van der Waals surface area contributed by atoms with Gasteiger partial charge in [-0.05, 0) is 6.07 Å². The van der Waals surface area contributed by atoms with Crippen LogP contribution in [0.3, 0.4) is 0 Å². The van der Waals surface area contributed by atoms with Gasteiger partial charge in [-0.3, -0.25) is 9.59 Å². The molecule has 156 valence electrons. The summed E-state index contributed by atoms with van der Waals surface area (Å²) in [6.07, 6.45) is 3.03. The van der Waals surface area contributed by atoms with Gasteiger partial charge in [-0.25, -0.2) is 8.78 Å². The van der Waals surface area contributed by atoms with Crippen molar-refractivity contribution in [3.63, 3.8) is 0 Å². The van der Waals surface area contributed by atoms with Crippen molar-refractivity contribution < 1.29 is 18.4 Å². The molecule has 4 rings (SSSR count). The zero-order valence-electron chi connectivity index (χ0n) is 16.3. The molecule has 1 fully saturated rings. The summed E-state index contributed by atoms with van der Waals surface area (Å²) < 4.78 is 27.6. The van der Waals surface area contributed by atoms with E-state index >= 15 is 0 Å². The Morgan fingerprint density at radius 3 is 2.39 bits per heavy atom. The van der Waals surface area contributed by atoms with Gasteiger partial charge in [-0.15, -0.1) is 0 Å². The van der Waals surface area contributed by atoms with Crippen LogP contribution in [0.1, 0.15) is 15.9 Å². The molecular formula is C22H17F2N5O2. The topological polar surface area (TPSA) is 92.6 Å². The SMILES string of the molecule is N#C/N=C(\c1ccccc1)N1CCN(C(=O)C(=O)c2c[nH]c3cc(F)cc(F)c23)CC1. The van der Waals surface area contributed by atoms with E-state index in [1.165, 1.54) is 11.1 Å². The van der Waals surface area contributed by atoms with E-state index in [9.17, 15) is 18.4 Å². The first-order chi connectivity index (χ1) is 15.0. The van der Waals surface area contributed by atoms with E-state index in [-0.39, 0.29) is 29.6 Å². The van der Waals surface area contributed by atoms with Gasteiger partial charge >= 0.3 is 0 Å². The van der Waals surface area contributed by atoms with Gasteiger partial charge in [-0.2, -0.15) is 10.3 Å². The van der Waals surface area contributed by atoms with Crippen LogP contribution < -0.4 is 0 Å². The van der Waals surface area contributed by atoms with Crippen molar-refractivity contribution in [2.24, 2.45) is 4.99 Å². The lowest BCUT2D eigenvalue weighted by atomic mass is 10.1. The summed E-state index contributed by atoms with van der Waals surface area (Å²) in [6, 6.07) is 11.0. The number of nitrogens with one attached hydrogen (secondary N) is 1. The highest BCUT2D eigenvalue weighted by Gasteiger charge is 2.30. The van der Waals surface area contributed by atoms with Crippen molar-refractivity contribution >= 4 is 28.4 Å². The lowest BCUT2D eigenvalue weighted by Gasteiger charge is -2.35. The minimum Gasteiger partial charge on any atom is -0.360 e. The number of nitrogens with zero attached hydrogens (tertiary/aromatic N) is 4. The zero-order chi connectivity index (χ0) is 22.0. The van der Waals surface area contributed by atoms with Crippen LogP contribution in [0.15, 0.2) is 53.7 Å². The number of H-pyrrole nitrogens is 1. The van der Waals surface area contributed by atoms with Gasteiger partial charge in [0, 0.05) is 49.4 Å². The third-order valence-electron chi connectivity index (χ3n) is 5.19. The number of carbonyl (C=O) groups excluding carboxylic acids is 2. The highest BCUT2D eigenvalue weighted by molar-refractivity contribution is 6.44. The van der Waals surface area contributed by atoms with Crippen LogP contribution >= 0.6 is 0 Å². The Kier molecular flexibility index (Phi) is 5.45. The van der Waals surface area contributed by atoms with E-state index in [1.54, 1.807) is 6.19 Å². The maximum absolute atomic E-state index is 14.2. The Morgan fingerprint density at radius 1 is 1.03 bits per heavy atom. The summed E-state index contributed by atoms with van der Waals surface area (Å²) in [5, 5.41) is 8.94. The fourth-order valence-electron chi connectivity index (χ4n) is 3.69. The second kappa shape index (κ2) is 8.36. The third-order valence-corrected chi connectivity index (χ3v) is 5.19. The number of ketones is 1. The first kappa shape index (κ1) is 20.2. The number of aromatic amines is 1. The first-order valence-corrected chi connectivity index (χ1v) is 9.56. The molecule has 1 N–H and O–H groups in total. The van der Waals surface area contributed by atoms with Gasteiger partial charge in [0.15, 0.2) is 0 Å². The van der Waals surface area contributed by atoms with E-state index in [4.69, 9.17) is 5.26 Å². The molecule has 2 heterocycles. The number of amides is 1. The molecule has 0 atom stereocenters. The van der Waals surface area contributed by atoms with Crippen LogP contribution in [0.2, 0.25) is 0 Å². The molecule has 1 aliphatic rings. The van der Waals surface area contributed by atoms with Crippen LogP contribution in [-0.2, 0) is 4.79 Å². The van der Waals surface area contributed by atoms with Crippen molar-refractivity contribution in [2.45, 2.75) is 0 Å². The average Bonchev–Trinajstić information content (AvgIpc) is 3.21. The predicted octanol–water partition coefficient (Wildman–Crippen LogP) is 2.70. The summed E-state index contributed by atoms with van der Waals surface area (Å²) in [5.41, 5.74) is 0.760. The maximum Gasteiger partial charge on any atom is 0.295 e. The second-order valence-electron chi connectivity index (χ2n) is 7.02.